The van der Waals surface area contributed by atoms with Crippen LogP contribution in [0.4, 0.5) is 15.8 Å². The van der Waals surface area contributed by atoms with Gasteiger partial charge in [-0.2, -0.15) is 0 Å². The molecule has 0 aromatic heterocycles. The number of halogens is 2. The molecular formula is C11H14BrFN2O3. The molecule has 0 unspecified atom stereocenters. The smallest absolute Gasteiger partial charge is 0.295 e. The number of nitro groups is 1. The summed E-state index contributed by atoms with van der Waals surface area (Å²) >= 11 is 2.99. The molecule has 0 aliphatic heterocycles. The van der Waals surface area contributed by atoms with Crippen LogP contribution in [0.25, 0.3) is 0 Å². The maximum atomic E-state index is 13.2. The Morgan fingerprint density at radius 3 is 2.78 bits per heavy atom. The average Bonchev–Trinajstić information content (AvgIpc) is 2.28. The van der Waals surface area contributed by atoms with Gasteiger partial charge in [0.25, 0.3) is 5.69 Å². The molecule has 7 heteroatoms. The van der Waals surface area contributed by atoms with Gasteiger partial charge in [0, 0.05) is 6.54 Å². The van der Waals surface area contributed by atoms with Crippen molar-refractivity contribution in [3.8, 4) is 0 Å². The molecule has 1 N–H and O–H groups in total. The lowest BCUT2D eigenvalue weighted by atomic mass is 10.2. The van der Waals surface area contributed by atoms with Gasteiger partial charge in [-0.15, -0.1) is 0 Å². The zero-order valence-corrected chi connectivity index (χ0v) is 11.7. The van der Waals surface area contributed by atoms with Gasteiger partial charge < -0.3 is 10.1 Å². The summed E-state index contributed by atoms with van der Waals surface area (Å²) in [6, 6.07) is 2.23. The largest absolute Gasteiger partial charge is 0.377 e. The fourth-order valence-electron chi connectivity index (χ4n) is 1.31. The number of hydrogen-bond acceptors (Lipinski definition) is 4. The van der Waals surface area contributed by atoms with Crippen molar-refractivity contribution in [2.75, 3.05) is 18.5 Å². The highest BCUT2D eigenvalue weighted by Gasteiger charge is 2.17. The second-order valence-corrected chi connectivity index (χ2v) is 4.74. The molecule has 0 heterocycles. The lowest BCUT2D eigenvalue weighted by Crippen LogP contribution is -2.14. The van der Waals surface area contributed by atoms with Crippen LogP contribution in [0.3, 0.4) is 0 Å². The van der Waals surface area contributed by atoms with Gasteiger partial charge >= 0.3 is 0 Å². The molecule has 0 radical (unpaired) electrons. The first-order chi connectivity index (χ1) is 8.41. The fourth-order valence-corrected chi connectivity index (χ4v) is 1.65. The van der Waals surface area contributed by atoms with Gasteiger partial charge in [-0.05, 0) is 35.8 Å². The highest BCUT2D eigenvalue weighted by Crippen LogP contribution is 2.30. The topological polar surface area (TPSA) is 64.4 Å². The van der Waals surface area contributed by atoms with Crippen molar-refractivity contribution >= 4 is 27.3 Å². The van der Waals surface area contributed by atoms with Crippen molar-refractivity contribution in [2.24, 2.45) is 0 Å². The normalized spacial score (nSPS) is 10.7. The van der Waals surface area contributed by atoms with Gasteiger partial charge in [0.15, 0.2) is 0 Å². The van der Waals surface area contributed by atoms with E-state index in [2.05, 4.69) is 21.2 Å². The molecule has 1 rings (SSSR count). The Labute approximate surface area is 113 Å². The summed E-state index contributed by atoms with van der Waals surface area (Å²) in [5.41, 5.74) is -0.0270. The quantitative estimate of drug-likeness (QED) is 0.496. The first-order valence-electron chi connectivity index (χ1n) is 5.40. The number of nitrogens with one attached hydrogen (secondary N) is 1. The number of nitro benzene ring substituents is 1. The van der Waals surface area contributed by atoms with Crippen molar-refractivity contribution in [1.82, 2.24) is 0 Å². The fraction of sp³-hybridized carbons (Fsp3) is 0.455. The second-order valence-electron chi connectivity index (χ2n) is 3.89. The third-order valence-electron chi connectivity index (χ3n) is 2.10. The standard InChI is InChI=1S/C11H14BrFN2O3/c1-7(2)18-4-3-14-10-5-8(12)9(13)6-11(10)15(16)17/h5-7,14H,3-4H2,1-2H3. The van der Waals surface area contributed by atoms with Crippen molar-refractivity contribution in [3.05, 3.63) is 32.5 Å². The summed E-state index contributed by atoms with van der Waals surface area (Å²) in [5, 5.41) is 13.6. The van der Waals surface area contributed by atoms with Crippen LogP contribution in [0.2, 0.25) is 0 Å². The predicted octanol–water partition coefficient (Wildman–Crippen LogP) is 3.33. The van der Waals surface area contributed by atoms with Crippen LogP contribution in [0.5, 0.6) is 0 Å². The summed E-state index contributed by atoms with van der Waals surface area (Å²) < 4.78 is 18.7. The summed E-state index contributed by atoms with van der Waals surface area (Å²) in [7, 11) is 0. The Kier molecular flexibility index (Phi) is 5.49. The summed E-state index contributed by atoms with van der Waals surface area (Å²) in [5.74, 6) is -0.661. The molecule has 0 bridgehead atoms. The van der Waals surface area contributed by atoms with Gasteiger partial charge in [-0.1, -0.05) is 0 Å². The summed E-state index contributed by atoms with van der Waals surface area (Å²) in [6.45, 7) is 4.63. The zero-order valence-electron chi connectivity index (χ0n) is 10.1. The highest BCUT2D eigenvalue weighted by atomic mass is 79.9. The lowest BCUT2D eigenvalue weighted by Gasteiger charge is -2.10. The zero-order chi connectivity index (χ0) is 13.7. The summed E-state index contributed by atoms with van der Waals surface area (Å²) in [4.78, 5) is 10.2. The third-order valence-corrected chi connectivity index (χ3v) is 2.71. The van der Waals surface area contributed by atoms with Crippen molar-refractivity contribution in [2.45, 2.75) is 20.0 Å². The number of hydrogen-bond donors (Lipinski definition) is 1. The van der Waals surface area contributed by atoms with E-state index < -0.39 is 10.7 Å². The first kappa shape index (κ1) is 14.8. The molecule has 100 valence electrons. The Morgan fingerprint density at radius 2 is 2.22 bits per heavy atom. The lowest BCUT2D eigenvalue weighted by molar-refractivity contribution is -0.384. The van der Waals surface area contributed by atoms with Crippen molar-refractivity contribution < 1.29 is 14.1 Å². The number of benzene rings is 1. The Bertz CT molecular complexity index is 441. The van der Waals surface area contributed by atoms with E-state index in [-0.39, 0.29) is 22.0 Å². The van der Waals surface area contributed by atoms with E-state index in [0.29, 0.717) is 13.2 Å². The monoisotopic (exact) mass is 320 g/mol. The average molecular weight is 321 g/mol. The van der Waals surface area contributed by atoms with Gasteiger partial charge in [0.1, 0.15) is 11.5 Å². The van der Waals surface area contributed by atoms with Crippen molar-refractivity contribution in [3.63, 3.8) is 0 Å². The van der Waals surface area contributed by atoms with E-state index in [9.17, 15) is 14.5 Å². The maximum absolute atomic E-state index is 13.2. The van der Waals surface area contributed by atoms with E-state index in [1.54, 1.807) is 0 Å². The molecule has 0 amide bonds. The van der Waals surface area contributed by atoms with Gasteiger partial charge in [-0.25, -0.2) is 4.39 Å². The molecule has 1 aromatic rings. The van der Waals surface area contributed by atoms with Gasteiger partial charge in [0.05, 0.1) is 28.2 Å². The maximum Gasteiger partial charge on any atom is 0.295 e. The van der Waals surface area contributed by atoms with Crippen LogP contribution in [0.1, 0.15) is 13.8 Å². The third kappa shape index (κ3) is 4.23. The van der Waals surface area contributed by atoms with Crippen LogP contribution < -0.4 is 5.32 Å². The van der Waals surface area contributed by atoms with Gasteiger partial charge in [0.2, 0.25) is 0 Å². The summed E-state index contributed by atoms with van der Waals surface area (Å²) in [6.07, 6.45) is 0.0988. The van der Waals surface area contributed by atoms with E-state index in [0.717, 1.165) is 6.07 Å². The predicted molar refractivity (Wildman–Crippen MR) is 70.3 cm³/mol. The second kappa shape index (κ2) is 6.65. The molecule has 0 spiro atoms. The van der Waals surface area contributed by atoms with E-state index in [1.165, 1.54) is 6.07 Å². The van der Waals surface area contributed by atoms with E-state index in [4.69, 9.17) is 4.74 Å². The Hall–Kier alpha value is -1.21. The number of anilines is 1. The molecule has 0 aliphatic rings. The van der Waals surface area contributed by atoms with Crippen LogP contribution in [0, 0.1) is 15.9 Å². The van der Waals surface area contributed by atoms with Gasteiger partial charge in [-0.3, -0.25) is 10.1 Å². The molecule has 0 atom stereocenters. The molecule has 5 nitrogen and oxygen atoms in total. The molecule has 18 heavy (non-hydrogen) atoms. The Morgan fingerprint density at radius 1 is 1.56 bits per heavy atom. The molecular weight excluding hydrogens is 307 g/mol. The molecule has 0 saturated heterocycles. The van der Waals surface area contributed by atoms with E-state index >= 15 is 0 Å². The van der Waals surface area contributed by atoms with Crippen molar-refractivity contribution in [1.29, 1.82) is 0 Å². The first-order valence-corrected chi connectivity index (χ1v) is 6.20. The molecule has 0 saturated carbocycles. The minimum absolute atomic E-state index is 0.0988. The molecule has 0 fully saturated rings. The molecule has 1 aromatic carbocycles. The van der Waals surface area contributed by atoms with Crippen LogP contribution in [-0.4, -0.2) is 24.2 Å². The highest BCUT2D eigenvalue weighted by molar-refractivity contribution is 9.10. The van der Waals surface area contributed by atoms with E-state index in [1.807, 2.05) is 13.8 Å². The molecule has 0 aliphatic carbocycles. The number of ether oxygens (including phenoxy) is 1. The SMILES string of the molecule is CC(C)OCCNc1cc(Br)c(F)cc1[N+](=O)[O-]. The minimum Gasteiger partial charge on any atom is -0.377 e. The minimum atomic E-state index is -0.661. The van der Waals surface area contributed by atoms with Crippen LogP contribution in [0.15, 0.2) is 16.6 Å². The van der Waals surface area contributed by atoms with Crippen LogP contribution in [-0.2, 0) is 4.74 Å². The Balaban J connectivity index is 2.74. The number of rotatable bonds is 6. The van der Waals surface area contributed by atoms with Crippen LogP contribution >= 0.6 is 15.9 Å². The number of nitrogens with zero attached hydrogens (tertiary/aromatic N) is 1.